The zero-order valence-electron chi connectivity index (χ0n) is 16.6. The van der Waals surface area contributed by atoms with Gasteiger partial charge in [-0.1, -0.05) is 49.1 Å². The number of likely N-dealkylation sites (tertiary alicyclic amines) is 1. The second-order valence-electron chi connectivity index (χ2n) is 8.35. The first-order valence-electron chi connectivity index (χ1n) is 10.2. The van der Waals surface area contributed by atoms with Crippen molar-refractivity contribution in [2.75, 3.05) is 13.1 Å². The largest absolute Gasteiger partial charge is 0.369 e. The van der Waals surface area contributed by atoms with Crippen LogP contribution >= 0.6 is 11.6 Å². The summed E-state index contributed by atoms with van der Waals surface area (Å²) in [7, 11) is 0. The molecule has 155 valence electrons. The normalized spacial score (nSPS) is 24.0. The molecule has 7 heteroatoms. The molecule has 2 amide bonds. The highest BCUT2D eigenvalue weighted by atomic mass is 35.5. The van der Waals surface area contributed by atoms with Crippen LogP contribution in [0.1, 0.15) is 50.5 Å². The van der Waals surface area contributed by atoms with E-state index in [0.29, 0.717) is 37.5 Å². The molecule has 29 heavy (non-hydrogen) atoms. The third kappa shape index (κ3) is 5.09. The average molecular weight is 416 g/mol. The number of amides is 2. The molecule has 3 N–H and O–H groups in total. The van der Waals surface area contributed by atoms with E-state index in [1.165, 1.54) is 6.42 Å². The van der Waals surface area contributed by atoms with Crippen LogP contribution in [0.5, 0.6) is 0 Å². The van der Waals surface area contributed by atoms with E-state index in [9.17, 15) is 14.9 Å². The minimum Gasteiger partial charge on any atom is -0.369 e. The first-order valence-corrected chi connectivity index (χ1v) is 10.6. The number of carbonyl (C=O) groups excluding carboxylic acids is 2. The number of benzene rings is 1. The van der Waals surface area contributed by atoms with Crippen LogP contribution < -0.4 is 11.1 Å². The molecule has 1 saturated heterocycles. The van der Waals surface area contributed by atoms with Gasteiger partial charge in [0, 0.05) is 30.1 Å². The summed E-state index contributed by atoms with van der Waals surface area (Å²) in [5, 5.41) is 13.3. The summed E-state index contributed by atoms with van der Waals surface area (Å²) in [4.78, 5) is 26.7. The lowest BCUT2D eigenvalue weighted by Gasteiger charge is -2.34. The number of nitriles is 1. The third-order valence-corrected chi connectivity index (χ3v) is 6.66. The fourth-order valence-electron chi connectivity index (χ4n) is 4.47. The predicted octanol–water partition coefficient (Wildman–Crippen LogP) is 2.95. The van der Waals surface area contributed by atoms with Crippen molar-refractivity contribution in [2.24, 2.45) is 11.1 Å². The molecule has 1 aromatic rings. The van der Waals surface area contributed by atoms with Crippen LogP contribution in [0.2, 0.25) is 5.02 Å². The summed E-state index contributed by atoms with van der Waals surface area (Å²) in [6.07, 6.45) is 6.84. The number of nitrogens with two attached hydrogens (primary N) is 1. The van der Waals surface area contributed by atoms with E-state index < -0.39 is 11.0 Å². The molecule has 0 spiro atoms. The van der Waals surface area contributed by atoms with Crippen molar-refractivity contribution in [3.63, 3.8) is 0 Å². The van der Waals surface area contributed by atoms with Gasteiger partial charge in [-0.05, 0) is 37.3 Å². The van der Waals surface area contributed by atoms with Gasteiger partial charge in [-0.2, -0.15) is 5.26 Å². The molecular formula is C22H28ClN4O2. The summed E-state index contributed by atoms with van der Waals surface area (Å²) in [5.74, 6) is -0.639. The first-order chi connectivity index (χ1) is 13.9. The molecule has 6 nitrogen and oxygen atoms in total. The quantitative estimate of drug-likeness (QED) is 0.715. The van der Waals surface area contributed by atoms with Gasteiger partial charge in [-0.3, -0.25) is 14.5 Å². The molecular weight excluding hydrogens is 388 g/mol. The number of hydrogen-bond acceptors (Lipinski definition) is 4. The average Bonchev–Trinajstić information content (AvgIpc) is 3.12. The number of primary amides is 1. The van der Waals surface area contributed by atoms with Crippen molar-refractivity contribution in [3.8, 4) is 6.07 Å². The Labute approximate surface area is 177 Å². The molecule has 3 rings (SSSR count). The SMILES string of the molecule is N#CC1(NC(=O)[CH]CC2(C(N)=O)CCCCC2)CCN(Cc2ccccc2Cl)C1. The Morgan fingerprint density at radius 1 is 1.24 bits per heavy atom. The number of carbonyl (C=O) groups is 2. The topological polar surface area (TPSA) is 99.2 Å². The molecule has 1 aliphatic carbocycles. The molecule has 1 saturated carbocycles. The Morgan fingerprint density at radius 3 is 2.62 bits per heavy atom. The molecule has 2 aliphatic rings. The van der Waals surface area contributed by atoms with E-state index in [1.807, 2.05) is 24.3 Å². The van der Waals surface area contributed by atoms with Crippen molar-refractivity contribution in [2.45, 2.75) is 57.0 Å². The van der Waals surface area contributed by atoms with Gasteiger partial charge in [0.1, 0.15) is 5.54 Å². The zero-order chi connectivity index (χ0) is 20.9. The van der Waals surface area contributed by atoms with Gasteiger partial charge in [0.15, 0.2) is 0 Å². The number of nitrogens with one attached hydrogen (secondary N) is 1. The van der Waals surface area contributed by atoms with Crippen molar-refractivity contribution >= 4 is 23.4 Å². The van der Waals surface area contributed by atoms with Crippen LogP contribution in [0.3, 0.4) is 0 Å². The Morgan fingerprint density at radius 2 is 1.97 bits per heavy atom. The van der Waals surface area contributed by atoms with Gasteiger partial charge in [-0.25, -0.2) is 0 Å². The molecule has 1 aromatic carbocycles. The number of nitrogens with zero attached hydrogens (tertiary/aromatic N) is 2. The molecule has 1 heterocycles. The second-order valence-corrected chi connectivity index (χ2v) is 8.76. The van der Waals surface area contributed by atoms with Crippen LogP contribution in [0.4, 0.5) is 0 Å². The van der Waals surface area contributed by atoms with Crippen LogP contribution in [0, 0.1) is 23.2 Å². The highest BCUT2D eigenvalue weighted by Crippen LogP contribution is 2.39. The maximum atomic E-state index is 12.6. The van der Waals surface area contributed by atoms with E-state index in [-0.39, 0.29) is 11.8 Å². The van der Waals surface area contributed by atoms with Gasteiger partial charge in [-0.15, -0.1) is 0 Å². The minimum atomic E-state index is -0.929. The number of halogens is 1. The van der Waals surface area contributed by atoms with Crippen LogP contribution in [-0.4, -0.2) is 35.3 Å². The maximum Gasteiger partial charge on any atom is 0.225 e. The highest BCUT2D eigenvalue weighted by molar-refractivity contribution is 6.31. The second kappa shape index (κ2) is 9.15. The van der Waals surface area contributed by atoms with E-state index in [2.05, 4.69) is 16.3 Å². The van der Waals surface area contributed by atoms with Crippen LogP contribution in [-0.2, 0) is 16.1 Å². The number of rotatable bonds is 7. The summed E-state index contributed by atoms with van der Waals surface area (Å²) in [6.45, 7) is 1.77. The van der Waals surface area contributed by atoms with Crippen molar-refractivity contribution in [1.82, 2.24) is 10.2 Å². The Kier molecular flexibility index (Phi) is 6.81. The molecule has 2 fully saturated rings. The van der Waals surface area contributed by atoms with Crippen LogP contribution in [0.25, 0.3) is 0 Å². The molecule has 1 aliphatic heterocycles. The molecule has 1 radical (unpaired) electrons. The fraction of sp³-hybridized carbons (Fsp3) is 0.545. The van der Waals surface area contributed by atoms with E-state index in [1.54, 1.807) is 0 Å². The van der Waals surface area contributed by atoms with E-state index in [0.717, 1.165) is 37.7 Å². The van der Waals surface area contributed by atoms with E-state index in [4.69, 9.17) is 17.3 Å². The van der Waals surface area contributed by atoms with E-state index >= 15 is 0 Å². The Bertz CT molecular complexity index is 800. The number of hydrogen-bond donors (Lipinski definition) is 2. The highest BCUT2D eigenvalue weighted by Gasteiger charge is 2.41. The lowest BCUT2D eigenvalue weighted by molar-refractivity contribution is -0.129. The molecule has 1 atom stereocenters. The standard InChI is InChI=1S/C22H28ClN4O2/c23-18-7-3-2-6-17(18)14-27-13-12-22(15-24,16-27)26-19(28)8-11-21(20(25)29)9-4-1-5-10-21/h2-3,6-8H,1,4-5,9-14,16H2,(H2,25,29)(H,26,28). The van der Waals surface area contributed by atoms with Gasteiger partial charge in [0.2, 0.25) is 11.8 Å². The van der Waals surface area contributed by atoms with Crippen molar-refractivity contribution in [3.05, 3.63) is 41.3 Å². The lowest BCUT2D eigenvalue weighted by atomic mass is 9.70. The summed E-state index contributed by atoms with van der Waals surface area (Å²) in [5.41, 5.74) is 5.10. The lowest BCUT2D eigenvalue weighted by Crippen LogP contribution is -2.50. The summed E-state index contributed by atoms with van der Waals surface area (Å²) in [6, 6.07) is 9.93. The third-order valence-electron chi connectivity index (χ3n) is 6.29. The predicted molar refractivity (Wildman–Crippen MR) is 111 cm³/mol. The molecule has 0 aromatic heterocycles. The van der Waals surface area contributed by atoms with Gasteiger partial charge < -0.3 is 11.1 Å². The maximum absolute atomic E-state index is 12.6. The monoisotopic (exact) mass is 415 g/mol. The Balaban J connectivity index is 1.56. The van der Waals surface area contributed by atoms with Gasteiger partial charge >= 0.3 is 0 Å². The van der Waals surface area contributed by atoms with Crippen LogP contribution in [0.15, 0.2) is 24.3 Å². The molecule has 0 bridgehead atoms. The zero-order valence-corrected chi connectivity index (χ0v) is 17.4. The molecule has 1 unspecified atom stereocenters. The summed E-state index contributed by atoms with van der Waals surface area (Å²) < 4.78 is 0. The Hall–Kier alpha value is -2.10. The fourth-order valence-corrected chi connectivity index (χ4v) is 4.66. The summed E-state index contributed by atoms with van der Waals surface area (Å²) >= 11 is 6.24. The van der Waals surface area contributed by atoms with Gasteiger partial charge in [0.25, 0.3) is 0 Å². The van der Waals surface area contributed by atoms with Crippen molar-refractivity contribution in [1.29, 1.82) is 5.26 Å². The first kappa shape index (κ1) is 21.6. The smallest absolute Gasteiger partial charge is 0.225 e. The minimum absolute atomic E-state index is 0.308. The van der Waals surface area contributed by atoms with Gasteiger partial charge in [0.05, 0.1) is 12.5 Å². The van der Waals surface area contributed by atoms with Crippen molar-refractivity contribution < 1.29 is 9.59 Å².